The highest BCUT2D eigenvalue weighted by Crippen LogP contribution is 2.35. The lowest BCUT2D eigenvalue weighted by Crippen LogP contribution is -2.60. The number of nitrogens with zero attached hydrogens (tertiary/aromatic N) is 3. The van der Waals surface area contributed by atoms with Crippen LogP contribution in [0, 0.1) is 0 Å². The van der Waals surface area contributed by atoms with Gasteiger partial charge >= 0.3 is 0 Å². The molecule has 1 atom stereocenters. The molecule has 3 N–H and O–H groups in total. The van der Waals surface area contributed by atoms with E-state index in [1.54, 1.807) is 18.3 Å². The number of aliphatic imine (C=N–C) groups is 1. The molecule has 0 bridgehead atoms. The van der Waals surface area contributed by atoms with Crippen LogP contribution < -0.4 is 5.73 Å². The Hall–Kier alpha value is -1.95. The number of pyridine rings is 1. The van der Waals surface area contributed by atoms with Gasteiger partial charge in [-0.15, -0.1) is 0 Å². The van der Waals surface area contributed by atoms with Crippen molar-refractivity contribution in [2.45, 2.75) is 31.4 Å². The SMILES string of the molecule is CC(C)(CN)N1CCCN=C1C(O)(c1ccc(Cl)cc1)c1ccccn1. The number of nitrogens with two attached hydrogens (primary N) is 1. The van der Waals surface area contributed by atoms with Crippen LogP contribution >= 0.6 is 11.6 Å². The quantitative estimate of drug-likeness (QED) is 0.846. The van der Waals surface area contributed by atoms with Crippen molar-refractivity contribution in [1.29, 1.82) is 0 Å². The second-order valence-electron chi connectivity index (χ2n) is 7.16. The molecule has 26 heavy (non-hydrogen) atoms. The molecule has 2 aromatic rings. The van der Waals surface area contributed by atoms with Crippen molar-refractivity contribution in [3.05, 3.63) is 64.9 Å². The number of benzene rings is 1. The van der Waals surface area contributed by atoms with Gasteiger partial charge in [0.05, 0.1) is 5.69 Å². The molecule has 0 saturated heterocycles. The van der Waals surface area contributed by atoms with Crippen LogP contribution in [0.5, 0.6) is 0 Å². The number of aromatic nitrogens is 1. The lowest BCUT2D eigenvalue weighted by Gasteiger charge is -2.47. The molecule has 0 aliphatic carbocycles. The highest BCUT2D eigenvalue weighted by atomic mass is 35.5. The maximum atomic E-state index is 12.0. The first-order chi connectivity index (χ1) is 12.4. The zero-order valence-electron chi connectivity index (χ0n) is 15.2. The van der Waals surface area contributed by atoms with E-state index in [1.165, 1.54) is 0 Å². The third-order valence-corrected chi connectivity index (χ3v) is 5.16. The number of rotatable bonds is 5. The first-order valence-electron chi connectivity index (χ1n) is 8.82. The molecule has 6 heteroatoms. The van der Waals surface area contributed by atoms with E-state index in [1.807, 2.05) is 30.3 Å². The van der Waals surface area contributed by atoms with Crippen LogP contribution in [0.4, 0.5) is 0 Å². The summed E-state index contributed by atoms with van der Waals surface area (Å²) < 4.78 is 0. The Labute approximate surface area is 159 Å². The van der Waals surface area contributed by atoms with Crippen molar-refractivity contribution in [1.82, 2.24) is 9.88 Å². The van der Waals surface area contributed by atoms with E-state index in [2.05, 4.69) is 23.7 Å². The summed E-state index contributed by atoms with van der Waals surface area (Å²) in [4.78, 5) is 11.3. The maximum Gasteiger partial charge on any atom is 0.189 e. The predicted octanol–water partition coefficient (Wildman–Crippen LogP) is 2.81. The monoisotopic (exact) mass is 372 g/mol. The summed E-state index contributed by atoms with van der Waals surface area (Å²) >= 11 is 6.06. The van der Waals surface area contributed by atoms with E-state index in [9.17, 15) is 5.11 Å². The number of hydrogen-bond acceptors (Lipinski definition) is 5. The minimum atomic E-state index is -1.47. The number of hydrogen-bond donors (Lipinski definition) is 2. The largest absolute Gasteiger partial charge is 0.372 e. The number of aliphatic hydroxyl groups is 1. The Morgan fingerprint density at radius 3 is 2.54 bits per heavy atom. The molecule has 1 aromatic carbocycles. The number of amidine groups is 1. The Morgan fingerprint density at radius 2 is 1.92 bits per heavy atom. The molecule has 138 valence electrons. The highest BCUT2D eigenvalue weighted by molar-refractivity contribution is 6.30. The second kappa shape index (κ2) is 7.35. The van der Waals surface area contributed by atoms with Gasteiger partial charge in [-0.05, 0) is 50.1 Å². The minimum Gasteiger partial charge on any atom is -0.372 e. The summed E-state index contributed by atoms with van der Waals surface area (Å²) in [6, 6.07) is 12.7. The number of halogens is 1. The summed E-state index contributed by atoms with van der Waals surface area (Å²) in [5.41, 5.74) is 5.42. The van der Waals surface area contributed by atoms with Crippen LogP contribution in [-0.4, -0.2) is 46.0 Å². The van der Waals surface area contributed by atoms with E-state index in [0.717, 1.165) is 13.0 Å². The van der Waals surface area contributed by atoms with E-state index < -0.39 is 5.60 Å². The topological polar surface area (TPSA) is 74.7 Å². The summed E-state index contributed by atoms with van der Waals surface area (Å²) in [6.45, 7) is 6.02. The highest BCUT2D eigenvalue weighted by Gasteiger charge is 2.45. The van der Waals surface area contributed by atoms with Crippen molar-refractivity contribution >= 4 is 17.4 Å². The van der Waals surface area contributed by atoms with Crippen LogP contribution in [0.15, 0.2) is 53.7 Å². The Balaban J connectivity index is 2.20. The molecule has 1 unspecified atom stereocenters. The fourth-order valence-corrected chi connectivity index (χ4v) is 3.40. The van der Waals surface area contributed by atoms with Gasteiger partial charge in [-0.2, -0.15) is 0 Å². The Bertz CT molecular complexity index is 776. The first kappa shape index (κ1) is 18.8. The van der Waals surface area contributed by atoms with Gasteiger partial charge < -0.3 is 15.7 Å². The van der Waals surface area contributed by atoms with Gasteiger partial charge in [0.2, 0.25) is 0 Å². The van der Waals surface area contributed by atoms with Gasteiger partial charge in [0.1, 0.15) is 5.84 Å². The summed E-state index contributed by atoms with van der Waals surface area (Å²) in [5, 5.41) is 12.6. The molecule has 5 nitrogen and oxygen atoms in total. The zero-order valence-corrected chi connectivity index (χ0v) is 15.9. The molecular weight excluding hydrogens is 348 g/mol. The van der Waals surface area contributed by atoms with Gasteiger partial charge in [0, 0.05) is 36.4 Å². The lowest BCUT2D eigenvalue weighted by molar-refractivity contribution is 0.105. The molecule has 1 aliphatic rings. The van der Waals surface area contributed by atoms with Gasteiger partial charge in [0.15, 0.2) is 5.60 Å². The van der Waals surface area contributed by atoms with Crippen molar-refractivity contribution in [2.75, 3.05) is 19.6 Å². The zero-order chi connectivity index (χ0) is 18.8. The maximum absolute atomic E-state index is 12.0. The molecule has 3 rings (SSSR count). The van der Waals surface area contributed by atoms with Crippen LogP contribution in [0.3, 0.4) is 0 Å². The van der Waals surface area contributed by atoms with Gasteiger partial charge in [-0.3, -0.25) is 9.98 Å². The van der Waals surface area contributed by atoms with E-state index in [-0.39, 0.29) is 5.54 Å². The van der Waals surface area contributed by atoms with Crippen molar-refractivity contribution in [2.24, 2.45) is 10.7 Å². The van der Waals surface area contributed by atoms with Crippen LogP contribution in [0.25, 0.3) is 0 Å². The molecular formula is C20H25ClN4O. The molecule has 0 fully saturated rings. The first-order valence-corrected chi connectivity index (χ1v) is 9.20. The normalized spacial score (nSPS) is 17.6. The third-order valence-electron chi connectivity index (χ3n) is 4.91. The Kier molecular flexibility index (Phi) is 5.32. The van der Waals surface area contributed by atoms with Gasteiger partial charge in [-0.1, -0.05) is 29.8 Å². The van der Waals surface area contributed by atoms with Crippen LogP contribution in [0.1, 0.15) is 31.5 Å². The lowest BCUT2D eigenvalue weighted by atomic mass is 9.85. The average molecular weight is 373 g/mol. The molecule has 2 heterocycles. The molecule has 0 spiro atoms. The van der Waals surface area contributed by atoms with Crippen LogP contribution in [0.2, 0.25) is 5.02 Å². The van der Waals surface area contributed by atoms with Crippen molar-refractivity contribution < 1.29 is 5.11 Å². The smallest absolute Gasteiger partial charge is 0.189 e. The average Bonchev–Trinajstić information content (AvgIpc) is 2.68. The van der Waals surface area contributed by atoms with Gasteiger partial charge in [0.25, 0.3) is 0 Å². The minimum absolute atomic E-state index is 0.339. The van der Waals surface area contributed by atoms with Crippen molar-refractivity contribution in [3.63, 3.8) is 0 Å². The molecule has 0 saturated carbocycles. The van der Waals surface area contributed by atoms with E-state index in [4.69, 9.17) is 22.3 Å². The van der Waals surface area contributed by atoms with Crippen LogP contribution in [-0.2, 0) is 5.60 Å². The third kappa shape index (κ3) is 3.34. The Morgan fingerprint density at radius 1 is 1.19 bits per heavy atom. The fraction of sp³-hybridized carbons (Fsp3) is 0.400. The van der Waals surface area contributed by atoms with Gasteiger partial charge in [-0.25, -0.2) is 0 Å². The van der Waals surface area contributed by atoms with Crippen molar-refractivity contribution in [3.8, 4) is 0 Å². The summed E-state index contributed by atoms with van der Waals surface area (Å²) in [5.74, 6) is 0.584. The summed E-state index contributed by atoms with van der Waals surface area (Å²) in [7, 11) is 0. The predicted molar refractivity (Wildman–Crippen MR) is 105 cm³/mol. The molecule has 0 amide bonds. The fourth-order valence-electron chi connectivity index (χ4n) is 3.27. The molecule has 1 aromatic heterocycles. The summed E-state index contributed by atoms with van der Waals surface area (Å²) in [6.07, 6.45) is 2.60. The second-order valence-corrected chi connectivity index (χ2v) is 7.60. The van der Waals surface area contributed by atoms with E-state index >= 15 is 0 Å². The molecule has 0 radical (unpaired) electrons. The standard InChI is InChI=1S/C20H25ClN4O/c1-19(2,14-22)25-13-5-12-24-18(25)20(26,17-6-3-4-11-23-17)15-7-9-16(21)10-8-15/h3-4,6-11,26H,5,12-14,22H2,1-2H3. The molecule has 1 aliphatic heterocycles. The van der Waals surface area contributed by atoms with E-state index in [0.29, 0.717) is 35.2 Å².